The molecular formula is C12H11BrClNO2. The molecule has 0 aliphatic heterocycles. The molecule has 1 aromatic carbocycles. The summed E-state index contributed by atoms with van der Waals surface area (Å²) in [7, 11) is 0. The summed E-state index contributed by atoms with van der Waals surface area (Å²) in [6, 6.07) is 9.12. The minimum absolute atomic E-state index is 0.0787. The van der Waals surface area contributed by atoms with Crippen LogP contribution in [0.2, 0.25) is 5.02 Å². The fourth-order valence-electron chi connectivity index (χ4n) is 1.42. The molecule has 0 fully saturated rings. The van der Waals surface area contributed by atoms with Crippen molar-refractivity contribution in [1.29, 1.82) is 0 Å². The van der Waals surface area contributed by atoms with Crippen molar-refractivity contribution < 1.29 is 9.52 Å². The summed E-state index contributed by atoms with van der Waals surface area (Å²) in [5, 5.41) is 12.8. The minimum Gasteiger partial charge on any atom is -0.462 e. The zero-order valence-corrected chi connectivity index (χ0v) is 11.3. The lowest BCUT2D eigenvalue weighted by atomic mass is 10.3. The molecule has 0 unspecified atom stereocenters. The van der Waals surface area contributed by atoms with Crippen LogP contribution in [0.4, 0.5) is 5.69 Å². The van der Waals surface area contributed by atoms with E-state index in [4.69, 9.17) is 21.1 Å². The van der Waals surface area contributed by atoms with E-state index in [0.717, 1.165) is 15.9 Å². The molecule has 90 valence electrons. The number of benzene rings is 1. The van der Waals surface area contributed by atoms with E-state index in [-0.39, 0.29) is 6.61 Å². The number of halogens is 2. The van der Waals surface area contributed by atoms with Crippen molar-refractivity contribution in [2.45, 2.75) is 13.2 Å². The molecule has 0 bridgehead atoms. The maximum absolute atomic E-state index is 8.87. The average Bonchev–Trinajstić information content (AvgIpc) is 2.76. The zero-order valence-electron chi connectivity index (χ0n) is 8.91. The first-order chi connectivity index (χ1) is 8.19. The number of aliphatic hydroxyl groups is 1. The van der Waals surface area contributed by atoms with Crippen molar-refractivity contribution in [1.82, 2.24) is 0 Å². The van der Waals surface area contributed by atoms with Crippen molar-refractivity contribution in [3.63, 3.8) is 0 Å². The van der Waals surface area contributed by atoms with Gasteiger partial charge < -0.3 is 14.8 Å². The fraction of sp³-hybridized carbons (Fsp3) is 0.167. The highest BCUT2D eigenvalue weighted by molar-refractivity contribution is 9.10. The molecule has 0 radical (unpaired) electrons. The minimum atomic E-state index is -0.0787. The Kier molecular flexibility index (Phi) is 4.10. The molecule has 2 rings (SSSR count). The Bertz CT molecular complexity index is 513. The molecule has 0 saturated carbocycles. The van der Waals surface area contributed by atoms with Gasteiger partial charge in [-0.15, -0.1) is 0 Å². The van der Waals surface area contributed by atoms with Crippen molar-refractivity contribution in [3.8, 4) is 0 Å². The van der Waals surface area contributed by atoms with Crippen LogP contribution in [0.25, 0.3) is 0 Å². The van der Waals surface area contributed by atoms with Gasteiger partial charge in [-0.05, 0) is 46.3 Å². The standard InChI is InChI=1S/C12H11BrClNO2/c13-11-5-8(14)1-4-12(11)15-6-9-2-3-10(7-16)17-9/h1-5,15-16H,6-7H2. The maximum Gasteiger partial charge on any atom is 0.129 e. The van der Waals surface area contributed by atoms with E-state index in [2.05, 4.69) is 21.2 Å². The second-order valence-corrected chi connectivity index (χ2v) is 4.79. The first-order valence-corrected chi connectivity index (χ1v) is 6.23. The molecular weight excluding hydrogens is 305 g/mol. The Morgan fingerprint density at radius 3 is 2.65 bits per heavy atom. The highest BCUT2D eigenvalue weighted by atomic mass is 79.9. The molecule has 1 aromatic heterocycles. The van der Waals surface area contributed by atoms with Gasteiger partial charge in [0.15, 0.2) is 0 Å². The monoisotopic (exact) mass is 315 g/mol. The molecule has 17 heavy (non-hydrogen) atoms. The van der Waals surface area contributed by atoms with Crippen LogP contribution < -0.4 is 5.32 Å². The van der Waals surface area contributed by atoms with Gasteiger partial charge in [0.25, 0.3) is 0 Å². The molecule has 1 heterocycles. The molecule has 3 nitrogen and oxygen atoms in total. The van der Waals surface area contributed by atoms with Crippen molar-refractivity contribution in [3.05, 3.63) is 51.3 Å². The van der Waals surface area contributed by atoms with E-state index in [1.165, 1.54) is 0 Å². The number of rotatable bonds is 4. The molecule has 0 atom stereocenters. The number of aliphatic hydroxyl groups excluding tert-OH is 1. The predicted octanol–water partition coefficient (Wildman–Crippen LogP) is 3.80. The number of hydrogen-bond acceptors (Lipinski definition) is 3. The summed E-state index contributed by atoms with van der Waals surface area (Å²) < 4.78 is 6.27. The Hall–Kier alpha value is -0.970. The molecule has 0 amide bonds. The van der Waals surface area contributed by atoms with E-state index in [9.17, 15) is 0 Å². The van der Waals surface area contributed by atoms with Gasteiger partial charge in [-0.2, -0.15) is 0 Å². The van der Waals surface area contributed by atoms with E-state index < -0.39 is 0 Å². The summed E-state index contributed by atoms with van der Waals surface area (Å²) in [6.45, 7) is 0.477. The number of furan rings is 1. The third-order valence-corrected chi connectivity index (χ3v) is 3.15. The second kappa shape index (κ2) is 5.58. The summed E-state index contributed by atoms with van der Waals surface area (Å²) in [6.07, 6.45) is 0. The van der Waals surface area contributed by atoms with Crippen LogP contribution >= 0.6 is 27.5 Å². The number of hydrogen-bond donors (Lipinski definition) is 2. The van der Waals surface area contributed by atoms with Gasteiger partial charge in [0.1, 0.15) is 18.1 Å². The normalized spacial score (nSPS) is 10.5. The second-order valence-electron chi connectivity index (χ2n) is 3.50. The highest BCUT2D eigenvalue weighted by Crippen LogP contribution is 2.26. The maximum atomic E-state index is 8.87. The van der Waals surface area contributed by atoms with Gasteiger partial charge in [0.05, 0.1) is 6.54 Å². The lowest BCUT2D eigenvalue weighted by Gasteiger charge is -2.07. The Labute approximate surface area is 113 Å². The van der Waals surface area contributed by atoms with Crippen molar-refractivity contribution in [2.75, 3.05) is 5.32 Å². The van der Waals surface area contributed by atoms with Crippen molar-refractivity contribution in [2.24, 2.45) is 0 Å². The highest BCUT2D eigenvalue weighted by Gasteiger charge is 2.03. The molecule has 0 aliphatic carbocycles. The largest absolute Gasteiger partial charge is 0.462 e. The topological polar surface area (TPSA) is 45.4 Å². The smallest absolute Gasteiger partial charge is 0.129 e. The Balaban J connectivity index is 2.02. The zero-order chi connectivity index (χ0) is 12.3. The average molecular weight is 317 g/mol. The van der Waals surface area contributed by atoms with Gasteiger partial charge in [-0.3, -0.25) is 0 Å². The van der Waals surface area contributed by atoms with Gasteiger partial charge in [-0.25, -0.2) is 0 Å². The molecule has 2 aromatic rings. The summed E-state index contributed by atoms with van der Waals surface area (Å²) >= 11 is 9.27. The summed E-state index contributed by atoms with van der Waals surface area (Å²) in [5.74, 6) is 1.34. The first-order valence-electron chi connectivity index (χ1n) is 5.06. The van der Waals surface area contributed by atoms with Crippen LogP contribution in [0.3, 0.4) is 0 Å². The fourth-order valence-corrected chi connectivity index (χ4v) is 2.24. The van der Waals surface area contributed by atoms with Crippen LogP contribution in [0, 0.1) is 0 Å². The third-order valence-electron chi connectivity index (χ3n) is 2.26. The van der Waals surface area contributed by atoms with E-state index >= 15 is 0 Å². The van der Waals surface area contributed by atoms with Crippen LogP contribution in [-0.2, 0) is 13.2 Å². The Morgan fingerprint density at radius 1 is 1.24 bits per heavy atom. The molecule has 5 heteroatoms. The van der Waals surface area contributed by atoms with E-state index in [1.54, 1.807) is 6.07 Å². The van der Waals surface area contributed by atoms with Crippen molar-refractivity contribution >= 4 is 33.2 Å². The lowest BCUT2D eigenvalue weighted by molar-refractivity contribution is 0.244. The number of anilines is 1. The van der Waals surface area contributed by atoms with Gasteiger partial charge >= 0.3 is 0 Å². The van der Waals surface area contributed by atoms with Crippen LogP contribution in [0.15, 0.2) is 39.2 Å². The predicted molar refractivity (Wildman–Crippen MR) is 71.1 cm³/mol. The molecule has 2 N–H and O–H groups in total. The lowest BCUT2D eigenvalue weighted by Crippen LogP contribution is -1.98. The third kappa shape index (κ3) is 3.25. The molecule has 0 aliphatic rings. The van der Waals surface area contributed by atoms with Gasteiger partial charge in [0, 0.05) is 15.2 Å². The van der Waals surface area contributed by atoms with Crippen LogP contribution in [0.5, 0.6) is 0 Å². The van der Waals surface area contributed by atoms with E-state index in [1.807, 2.05) is 24.3 Å². The SMILES string of the molecule is OCc1ccc(CNc2ccc(Cl)cc2Br)o1. The number of nitrogens with one attached hydrogen (secondary N) is 1. The quantitative estimate of drug-likeness (QED) is 0.902. The summed E-state index contributed by atoms with van der Waals surface area (Å²) in [4.78, 5) is 0. The Morgan fingerprint density at radius 2 is 2.00 bits per heavy atom. The summed E-state index contributed by atoms with van der Waals surface area (Å²) in [5.41, 5.74) is 0.941. The van der Waals surface area contributed by atoms with Gasteiger partial charge in [0.2, 0.25) is 0 Å². The van der Waals surface area contributed by atoms with Crippen LogP contribution in [-0.4, -0.2) is 5.11 Å². The van der Waals surface area contributed by atoms with Gasteiger partial charge in [-0.1, -0.05) is 11.6 Å². The first kappa shape index (κ1) is 12.5. The van der Waals surface area contributed by atoms with Crippen LogP contribution in [0.1, 0.15) is 11.5 Å². The molecule has 0 saturated heterocycles. The molecule has 0 spiro atoms. The van der Waals surface area contributed by atoms with E-state index in [0.29, 0.717) is 17.3 Å².